The van der Waals surface area contributed by atoms with Crippen LogP contribution in [0.1, 0.15) is 44.1 Å². The first-order valence-electron chi connectivity index (χ1n) is 9.25. The molecule has 7 heteroatoms. The molecule has 0 bridgehead atoms. The molecule has 0 saturated carbocycles. The van der Waals surface area contributed by atoms with Crippen LogP contribution in [0.15, 0.2) is 27.4 Å². The molecule has 2 saturated heterocycles. The number of carbonyl (C=O) groups excluding carboxylic acids is 1. The predicted octanol–water partition coefficient (Wildman–Crippen LogP) is 2.88. The number of methoxy groups -OCH3 is 1. The Hall–Kier alpha value is -2.28. The SMILES string of the molecule is COC(=O)N1CCCC1(C)N1CCCC(c2cccc3[nH]c(=O)oc23)C1. The number of nitrogens with zero attached hydrogens (tertiary/aromatic N) is 2. The van der Waals surface area contributed by atoms with E-state index in [9.17, 15) is 9.59 Å². The summed E-state index contributed by atoms with van der Waals surface area (Å²) < 4.78 is 10.4. The van der Waals surface area contributed by atoms with Gasteiger partial charge in [0, 0.05) is 31.1 Å². The molecule has 1 aromatic carbocycles. The molecule has 4 rings (SSSR count). The van der Waals surface area contributed by atoms with Crippen LogP contribution in [0.5, 0.6) is 0 Å². The number of likely N-dealkylation sites (tertiary alicyclic amines) is 2. The normalized spacial score (nSPS) is 27.2. The van der Waals surface area contributed by atoms with E-state index in [1.54, 1.807) is 0 Å². The fourth-order valence-corrected chi connectivity index (χ4v) is 4.66. The van der Waals surface area contributed by atoms with Crippen molar-refractivity contribution >= 4 is 17.2 Å². The number of amides is 1. The van der Waals surface area contributed by atoms with Gasteiger partial charge in [0.05, 0.1) is 18.3 Å². The topological polar surface area (TPSA) is 78.8 Å². The van der Waals surface area contributed by atoms with Crippen molar-refractivity contribution in [1.82, 2.24) is 14.8 Å². The highest BCUT2D eigenvalue weighted by Crippen LogP contribution is 2.39. The summed E-state index contributed by atoms with van der Waals surface area (Å²) in [5, 5.41) is 0. The first-order chi connectivity index (χ1) is 12.5. The van der Waals surface area contributed by atoms with Crippen molar-refractivity contribution in [3.8, 4) is 0 Å². The molecule has 26 heavy (non-hydrogen) atoms. The summed E-state index contributed by atoms with van der Waals surface area (Å²) in [5.74, 6) is -0.150. The van der Waals surface area contributed by atoms with Crippen molar-refractivity contribution in [1.29, 1.82) is 0 Å². The lowest BCUT2D eigenvalue weighted by Gasteiger charge is -2.47. The van der Waals surface area contributed by atoms with Crippen molar-refractivity contribution in [2.24, 2.45) is 0 Å². The zero-order chi connectivity index (χ0) is 18.3. The first-order valence-corrected chi connectivity index (χ1v) is 9.25. The zero-order valence-electron chi connectivity index (χ0n) is 15.3. The summed E-state index contributed by atoms with van der Waals surface area (Å²) in [4.78, 5) is 30.8. The number of nitrogens with one attached hydrogen (secondary N) is 1. The van der Waals surface area contributed by atoms with Gasteiger partial charge in [-0.2, -0.15) is 0 Å². The zero-order valence-corrected chi connectivity index (χ0v) is 15.3. The minimum absolute atomic E-state index is 0.258. The Labute approximate surface area is 151 Å². The van der Waals surface area contributed by atoms with Gasteiger partial charge in [-0.3, -0.25) is 14.8 Å². The number of hydrogen-bond donors (Lipinski definition) is 1. The largest absolute Gasteiger partial charge is 0.453 e. The lowest BCUT2D eigenvalue weighted by Crippen LogP contribution is -2.59. The van der Waals surface area contributed by atoms with Gasteiger partial charge < -0.3 is 9.15 Å². The van der Waals surface area contributed by atoms with Crippen LogP contribution in [-0.4, -0.2) is 53.3 Å². The van der Waals surface area contributed by atoms with E-state index in [0.29, 0.717) is 5.58 Å². The maximum atomic E-state index is 12.2. The molecule has 1 N–H and O–H groups in total. The van der Waals surface area contributed by atoms with E-state index < -0.39 is 5.76 Å². The number of piperidine rings is 1. The fourth-order valence-electron chi connectivity index (χ4n) is 4.66. The molecular weight excluding hydrogens is 334 g/mol. The van der Waals surface area contributed by atoms with Crippen LogP contribution in [0.25, 0.3) is 11.1 Å². The molecule has 140 valence electrons. The fraction of sp³-hybridized carbons (Fsp3) is 0.579. The van der Waals surface area contributed by atoms with E-state index in [0.717, 1.165) is 56.4 Å². The van der Waals surface area contributed by atoms with Gasteiger partial charge in [0.1, 0.15) is 0 Å². The second-order valence-electron chi connectivity index (χ2n) is 7.47. The molecule has 0 spiro atoms. The van der Waals surface area contributed by atoms with E-state index in [2.05, 4.69) is 16.8 Å². The lowest BCUT2D eigenvalue weighted by molar-refractivity contribution is -0.0261. The summed E-state index contributed by atoms with van der Waals surface area (Å²) in [6.07, 6.45) is 3.75. The molecule has 2 atom stereocenters. The van der Waals surface area contributed by atoms with Gasteiger partial charge in [-0.25, -0.2) is 9.59 Å². The third kappa shape index (κ3) is 2.70. The Morgan fingerprint density at radius 3 is 3.00 bits per heavy atom. The molecule has 3 heterocycles. The molecule has 0 aliphatic carbocycles. The van der Waals surface area contributed by atoms with Crippen LogP contribution in [-0.2, 0) is 4.74 Å². The summed E-state index contributed by atoms with van der Waals surface area (Å²) in [7, 11) is 1.44. The number of hydrogen-bond acceptors (Lipinski definition) is 5. The standard InChI is InChI=1S/C19H25N3O4/c1-19(9-5-11-22(19)18(24)25-2)21-10-4-6-13(12-21)14-7-3-8-15-16(14)26-17(23)20-15/h3,7-8,13H,4-6,9-12H2,1-2H3,(H,20,23). The molecule has 0 radical (unpaired) electrons. The summed E-state index contributed by atoms with van der Waals surface area (Å²) in [6, 6.07) is 5.87. The summed E-state index contributed by atoms with van der Waals surface area (Å²) in [5.41, 5.74) is 2.15. The Bertz CT molecular complexity index is 873. The number of H-pyrrole nitrogens is 1. The van der Waals surface area contributed by atoms with Crippen molar-refractivity contribution in [2.75, 3.05) is 26.7 Å². The van der Waals surface area contributed by atoms with E-state index in [1.165, 1.54) is 7.11 Å². The first kappa shape index (κ1) is 17.1. The molecule has 1 amide bonds. The second kappa shape index (κ2) is 6.46. The quantitative estimate of drug-likeness (QED) is 0.892. The highest BCUT2D eigenvalue weighted by molar-refractivity contribution is 5.76. The Kier molecular flexibility index (Phi) is 4.26. The average molecular weight is 359 g/mol. The van der Waals surface area contributed by atoms with Crippen LogP contribution in [0, 0.1) is 0 Å². The number of fused-ring (bicyclic) bond motifs is 1. The van der Waals surface area contributed by atoms with Crippen LogP contribution in [0.2, 0.25) is 0 Å². The predicted molar refractivity (Wildman–Crippen MR) is 97.1 cm³/mol. The molecule has 2 aliphatic rings. The second-order valence-corrected chi connectivity index (χ2v) is 7.47. The number of oxazole rings is 1. The average Bonchev–Trinajstić information content (AvgIpc) is 3.23. The number of rotatable bonds is 2. The Balaban J connectivity index is 1.63. The Morgan fingerprint density at radius 2 is 2.19 bits per heavy atom. The van der Waals surface area contributed by atoms with Gasteiger partial charge >= 0.3 is 11.8 Å². The molecule has 1 aromatic heterocycles. The van der Waals surface area contributed by atoms with E-state index >= 15 is 0 Å². The number of aromatic nitrogens is 1. The van der Waals surface area contributed by atoms with E-state index in [-0.39, 0.29) is 17.7 Å². The third-order valence-corrected chi connectivity index (χ3v) is 6.03. The number of aromatic amines is 1. The minimum atomic E-state index is -0.417. The van der Waals surface area contributed by atoms with Crippen molar-refractivity contribution in [2.45, 2.75) is 44.2 Å². The van der Waals surface area contributed by atoms with Crippen LogP contribution in [0.4, 0.5) is 4.79 Å². The highest BCUT2D eigenvalue weighted by Gasteiger charge is 2.46. The van der Waals surface area contributed by atoms with Gasteiger partial charge in [-0.15, -0.1) is 0 Å². The van der Waals surface area contributed by atoms with Crippen molar-refractivity contribution in [3.63, 3.8) is 0 Å². The third-order valence-electron chi connectivity index (χ3n) is 6.03. The maximum Gasteiger partial charge on any atom is 0.417 e. The van der Waals surface area contributed by atoms with Gasteiger partial charge in [-0.05, 0) is 38.7 Å². The molecule has 2 aliphatic heterocycles. The van der Waals surface area contributed by atoms with Crippen LogP contribution < -0.4 is 5.76 Å². The molecular formula is C19H25N3O4. The van der Waals surface area contributed by atoms with Gasteiger partial charge in [-0.1, -0.05) is 12.1 Å². The van der Waals surface area contributed by atoms with Gasteiger partial charge in [0.15, 0.2) is 5.58 Å². The number of carbonyl (C=O) groups is 1. The number of para-hydroxylation sites is 1. The summed E-state index contributed by atoms with van der Waals surface area (Å²) in [6.45, 7) is 4.65. The maximum absolute atomic E-state index is 12.2. The monoisotopic (exact) mass is 359 g/mol. The number of benzene rings is 1. The van der Waals surface area contributed by atoms with Crippen LogP contribution in [0.3, 0.4) is 0 Å². The van der Waals surface area contributed by atoms with Crippen LogP contribution >= 0.6 is 0 Å². The van der Waals surface area contributed by atoms with Crippen molar-refractivity contribution in [3.05, 3.63) is 34.3 Å². The number of ether oxygens (including phenoxy) is 1. The van der Waals surface area contributed by atoms with Crippen molar-refractivity contribution < 1.29 is 13.9 Å². The minimum Gasteiger partial charge on any atom is -0.453 e. The molecule has 2 fully saturated rings. The Morgan fingerprint density at radius 1 is 1.35 bits per heavy atom. The van der Waals surface area contributed by atoms with Gasteiger partial charge in [0.25, 0.3) is 0 Å². The lowest BCUT2D eigenvalue weighted by atomic mass is 9.88. The van der Waals surface area contributed by atoms with Gasteiger partial charge in [0.2, 0.25) is 0 Å². The molecule has 2 unspecified atom stereocenters. The molecule has 7 nitrogen and oxygen atoms in total. The smallest absolute Gasteiger partial charge is 0.417 e. The molecule has 2 aromatic rings. The van der Waals surface area contributed by atoms with E-state index in [4.69, 9.17) is 9.15 Å². The van der Waals surface area contributed by atoms with E-state index in [1.807, 2.05) is 23.1 Å². The highest BCUT2D eigenvalue weighted by atomic mass is 16.5. The summed E-state index contributed by atoms with van der Waals surface area (Å²) >= 11 is 0.